The molecule has 0 atom stereocenters. The monoisotopic (exact) mass is 372 g/mol. The van der Waals surface area contributed by atoms with Crippen molar-refractivity contribution in [1.82, 2.24) is 5.43 Å². The molecule has 1 N–H and O–H groups in total. The molecule has 104 valence electrons. The van der Waals surface area contributed by atoms with Crippen LogP contribution in [0.5, 0.6) is 5.75 Å². The molecule has 0 aliphatic rings. The number of rotatable bonds is 5. The fraction of sp³-hybridized carbons (Fsp3) is 0.0769. The van der Waals surface area contributed by atoms with Gasteiger partial charge < -0.3 is 4.74 Å². The van der Waals surface area contributed by atoms with Crippen molar-refractivity contribution in [3.8, 4) is 5.75 Å². The lowest BCUT2D eigenvalue weighted by Crippen LogP contribution is -2.24. The SMILES string of the molecule is O=C(COc1cccc(Br)c1)N/N=C/c1ccc(Cl)s1. The lowest BCUT2D eigenvalue weighted by molar-refractivity contribution is -0.123. The molecule has 0 saturated heterocycles. The van der Waals surface area contributed by atoms with E-state index in [2.05, 4.69) is 26.5 Å². The molecule has 0 radical (unpaired) electrons. The number of nitrogens with one attached hydrogen (secondary N) is 1. The van der Waals surface area contributed by atoms with Gasteiger partial charge >= 0.3 is 0 Å². The van der Waals surface area contributed by atoms with E-state index >= 15 is 0 Å². The van der Waals surface area contributed by atoms with E-state index in [-0.39, 0.29) is 12.5 Å². The number of nitrogens with zero attached hydrogens (tertiary/aromatic N) is 1. The van der Waals surface area contributed by atoms with Gasteiger partial charge in [-0.05, 0) is 30.3 Å². The molecule has 0 spiro atoms. The number of carbonyl (C=O) groups excluding carboxylic acids is 1. The number of ether oxygens (including phenoxy) is 1. The summed E-state index contributed by atoms with van der Waals surface area (Å²) >= 11 is 10.5. The van der Waals surface area contributed by atoms with Crippen molar-refractivity contribution in [3.63, 3.8) is 0 Å². The zero-order valence-corrected chi connectivity index (χ0v) is 13.3. The fourth-order valence-corrected chi connectivity index (χ4v) is 2.61. The normalized spacial score (nSPS) is 10.7. The van der Waals surface area contributed by atoms with Crippen LogP contribution in [0.2, 0.25) is 4.34 Å². The van der Waals surface area contributed by atoms with Gasteiger partial charge in [0.05, 0.1) is 10.6 Å². The van der Waals surface area contributed by atoms with Crippen molar-refractivity contribution in [2.75, 3.05) is 6.61 Å². The number of benzene rings is 1. The molecule has 4 nitrogen and oxygen atoms in total. The molecule has 2 aromatic rings. The van der Waals surface area contributed by atoms with Crippen LogP contribution >= 0.6 is 38.9 Å². The maximum atomic E-state index is 11.5. The van der Waals surface area contributed by atoms with Crippen molar-refractivity contribution in [3.05, 3.63) is 50.1 Å². The first-order valence-corrected chi connectivity index (χ1v) is 7.58. The van der Waals surface area contributed by atoms with Crippen LogP contribution in [0, 0.1) is 0 Å². The van der Waals surface area contributed by atoms with Crippen LogP contribution in [-0.4, -0.2) is 18.7 Å². The number of amides is 1. The van der Waals surface area contributed by atoms with Crippen LogP contribution in [-0.2, 0) is 4.79 Å². The Bertz CT molecular complexity index is 630. The van der Waals surface area contributed by atoms with Gasteiger partial charge in [0.25, 0.3) is 5.91 Å². The van der Waals surface area contributed by atoms with Crippen molar-refractivity contribution in [2.24, 2.45) is 5.10 Å². The number of hydrogen-bond donors (Lipinski definition) is 1. The topological polar surface area (TPSA) is 50.7 Å². The average molecular weight is 374 g/mol. The third kappa shape index (κ3) is 4.96. The second-order valence-corrected chi connectivity index (χ2v) is 6.34. The highest BCUT2D eigenvalue weighted by Gasteiger charge is 2.01. The zero-order valence-electron chi connectivity index (χ0n) is 10.2. The number of hydrazone groups is 1. The standard InChI is InChI=1S/C13H10BrClN2O2S/c14-9-2-1-3-10(6-9)19-8-13(18)17-16-7-11-4-5-12(15)20-11/h1-7H,8H2,(H,17,18)/b16-7+. The third-order valence-electron chi connectivity index (χ3n) is 2.14. The summed E-state index contributed by atoms with van der Waals surface area (Å²) in [6, 6.07) is 10.9. The van der Waals surface area contributed by atoms with E-state index in [0.717, 1.165) is 9.35 Å². The van der Waals surface area contributed by atoms with E-state index < -0.39 is 0 Å². The Labute approximate surface area is 133 Å². The molecule has 2 rings (SSSR count). The summed E-state index contributed by atoms with van der Waals surface area (Å²) in [6.07, 6.45) is 1.54. The molecule has 20 heavy (non-hydrogen) atoms. The van der Waals surface area contributed by atoms with E-state index in [9.17, 15) is 4.79 Å². The van der Waals surface area contributed by atoms with Crippen LogP contribution in [0.1, 0.15) is 4.88 Å². The van der Waals surface area contributed by atoms with E-state index in [1.54, 1.807) is 18.2 Å². The summed E-state index contributed by atoms with van der Waals surface area (Å²) in [5, 5.41) is 3.82. The van der Waals surface area contributed by atoms with Gasteiger partial charge in [0, 0.05) is 9.35 Å². The first-order valence-electron chi connectivity index (χ1n) is 5.59. The van der Waals surface area contributed by atoms with Crippen LogP contribution < -0.4 is 10.2 Å². The highest BCUT2D eigenvalue weighted by atomic mass is 79.9. The van der Waals surface area contributed by atoms with E-state index in [4.69, 9.17) is 16.3 Å². The Morgan fingerprint density at radius 1 is 1.45 bits per heavy atom. The Hall–Kier alpha value is -1.37. The highest BCUT2D eigenvalue weighted by Crippen LogP contribution is 2.19. The second kappa shape index (κ2) is 7.42. The van der Waals surface area contributed by atoms with Gasteiger partial charge in [-0.25, -0.2) is 5.43 Å². The molecule has 1 heterocycles. The smallest absolute Gasteiger partial charge is 0.277 e. The van der Waals surface area contributed by atoms with E-state index in [0.29, 0.717) is 10.1 Å². The van der Waals surface area contributed by atoms with E-state index in [1.165, 1.54) is 17.6 Å². The van der Waals surface area contributed by atoms with Crippen molar-refractivity contribution in [1.29, 1.82) is 0 Å². The quantitative estimate of drug-likeness (QED) is 0.642. The maximum absolute atomic E-state index is 11.5. The summed E-state index contributed by atoms with van der Waals surface area (Å²) in [5.74, 6) is 0.285. The molecule has 1 aromatic carbocycles. The molecule has 1 aromatic heterocycles. The minimum atomic E-state index is -0.330. The fourth-order valence-electron chi connectivity index (χ4n) is 1.30. The average Bonchev–Trinajstić information content (AvgIpc) is 2.82. The Kier molecular flexibility index (Phi) is 5.58. The maximum Gasteiger partial charge on any atom is 0.277 e. The van der Waals surface area contributed by atoms with Crippen LogP contribution in [0.3, 0.4) is 0 Å². The molecule has 0 bridgehead atoms. The molecular formula is C13H10BrClN2O2S. The summed E-state index contributed by atoms with van der Waals surface area (Å²) < 4.78 is 6.89. The summed E-state index contributed by atoms with van der Waals surface area (Å²) in [6.45, 7) is -0.0982. The molecule has 0 fully saturated rings. The van der Waals surface area contributed by atoms with Gasteiger partial charge in [-0.3, -0.25) is 4.79 Å². The summed E-state index contributed by atoms with van der Waals surface area (Å²) in [4.78, 5) is 12.4. The van der Waals surface area contributed by atoms with Crippen molar-refractivity contribution < 1.29 is 9.53 Å². The number of hydrogen-bond acceptors (Lipinski definition) is 4. The third-order valence-corrected chi connectivity index (χ3v) is 3.80. The molecule has 0 aliphatic carbocycles. The van der Waals surface area contributed by atoms with Gasteiger partial charge in [0.2, 0.25) is 0 Å². The van der Waals surface area contributed by atoms with Gasteiger partial charge in [0.1, 0.15) is 5.75 Å². The Morgan fingerprint density at radius 2 is 2.30 bits per heavy atom. The molecule has 1 amide bonds. The lowest BCUT2D eigenvalue weighted by atomic mass is 10.3. The zero-order chi connectivity index (χ0) is 14.4. The first kappa shape index (κ1) is 15.0. The first-order chi connectivity index (χ1) is 9.63. The second-order valence-electron chi connectivity index (χ2n) is 3.68. The molecular weight excluding hydrogens is 364 g/mol. The predicted octanol–water partition coefficient (Wildman–Crippen LogP) is 3.69. The largest absolute Gasteiger partial charge is 0.484 e. The van der Waals surface area contributed by atoms with Crippen LogP contribution in [0.15, 0.2) is 46.0 Å². The van der Waals surface area contributed by atoms with Crippen molar-refractivity contribution >= 4 is 51.0 Å². The van der Waals surface area contributed by atoms with Gasteiger partial charge in [-0.15, -0.1) is 11.3 Å². The minimum Gasteiger partial charge on any atom is -0.484 e. The molecule has 0 unspecified atom stereocenters. The minimum absolute atomic E-state index is 0.0982. The Morgan fingerprint density at radius 3 is 3.00 bits per heavy atom. The highest BCUT2D eigenvalue weighted by molar-refractivity contribution is 9.10. The number of carbonyl (C=O) groups is 1. The van der Waals surface area contributed by atoms with Gasteiger partial charge in [-0.1, -0.05) is 33.6 Å². The van der Waals surface area contributed by atoms with Crippen LogP contribution in [0.25, 0.3) is 0 Å². The van der Waals surface area contributed by atoms with Crippen molar-refractivity contribution in [2.45, 2.75) is 0 Å². The molecule has 0 aliphatic heterocycles. The summed E-state index contributed by atoms with van der Waals surface area (Å²) in [5.41, 5.74) is 2.38. The van der Waals surface area contributed by atoms with Gasteiger partial charge in [0.15, 0.2) is 6.61 Å². The molecule has 7 heteroatoms. The predicted molar refractivity (Wildman–Crippen MR) is 84.7 cm³/mol. The Balaban J connectivity index is 1.77. The molecule has 0 saturated carbocycles. The van der Waals surface area contributed by atoms with Gasteiger partial charge in [-0.2, -0.15) is 5.10 Å². The number of thiophene rings is 1. The summed E-state index contributed by atoms with van der Waals surface area (Å²) in [7, 11) is 0. The number of halogens is 2. The van der Waals surface area contributed by atoms with Crippen LogP contribution in [0.4, 0.5) is 0 Å². The lowest BCUT2D eigenvalue weighted by Gasteiger charge is -2.04. The van der Waals surface area contributed by atoms with E-state index in [1.807, 2.05) is 18.2 Å².